The molecule has 0 aliphatic rings. The van der Waals surface area contributed by atoms with Gasteiger partial charge in [0, 0.05) is 12.7 Å². The van der Waals surface area contributed by atoms with Crippen LogP contribution in [0.15, 0.2) is 12.7 Å². The predicted octanol–water partition coefficient (Wildman–Crippen LogP) is 2.24. The van der Waals surface area contributed by atoms with Crippen molar-refractivity contribution in [1.82, 2.24) is 0 Å². The quantitative estimate of drug-likeness (QED) is 0.354. The third kappa shape index (κ3) is 7.11. The SMILES string of the molecule is C=CC(=O)OC(C)OC(CC)OCCC. The molecule has 0 heterocycles. The van der Waals surface area contributed by atoms with Crippen LogP contribution in [0.5, 0.6) is 0 Å². The van der Waals surface area contributed by atoms with Crippen LogP contribution >= 0.6 is 0 Å². The van der Waals surface area contributed by atoms with Crippen LogP contribution in [-0.2, 0) is 19.0 Å². The van der Waals surface area contributed by atoms with E-state index in [1.54, 1.807) is 6.92 Å². The minimum Gasteiger partial charge on any atom is -0.433 e. The Labute approximate surface area is 91.2 Å². The van der Waals surface area contributed by atoms with Crippen LogP contribution in [0.25, 0.3) is 0 Å². The molecule has 88 valence electrons. The van der Waals surface area contributed by atoms with Gasteiger partial charge in [0.05, 0.1) is 0 Å². The Morgan fingerprint density at radius 2 is 2.13 bits per heavy atom. The Bertz CT molecular complexity index is 191. The monoisotopic (exact) mass is 216 g/mol. The first-order valence-corrected chi connectivity index (χ1v) is 5.24. The first kappa shape index (κ1) is 14.1. The van der Waals surface area contributed by atoms with Crippen molar-refractivity contribution in [2.45, 2.75) is 46.2 Å². The molecule has 0 aliphatic carbocycles. The minimum atomic E-state index is -0.614. The summed E-state index contributed by atoms with van der Waals surface area (Å²) < 4.78 is 15.6. The van der Waals surface area contributed by atoms with Gasteiger partial charge in [-0.2, -0.15) is 0 Å². The van der Waals surface area contributed by atoms with Crippen molar-refractivity contribution < 1.29 is 19.0 Å². The van der Waals surface area contributed by atoms with Crippen molar-refractivity contribution in [3.8, 4) is 0 Å². The van der Waals surface area contributed by atoms with Gasteiger partial charge in [0.2, 0.25) is 6.29 Å². The molecule has 0 bridgehead atoms. The van der Waals surface area contributed by atoms with E-state index in [9.17, 15) is 4.79 Å². The largest absolute Gasteiger partial charge is 0.433 e. The first-order chi connectivity index (χ1) is 7.13. The standard InChI is InChI=1S/C11H20O4/c1-5-8-13-11(7-3)15-9(4)14-10(12)6-2/h6,9,11H,2,5,7-8H2,1,3-4H3. The average molecular weight is 216 g/mol. The zero-order chi connectivity index (χ0) is 11.7. The summed E-state index contributed by atoms with van der Waals surface area (Å²) in [7, 11) is 0. The minimum absolute atomic E-state index is 0.322. The van der Waals surface area contributed by atoms with E-state index >= 15 is 0 Å². The van der Waals surface area contributed by atoms with E-state index in [1.807, 2.05) is 13.8 Å². The second-order valence-electron chi connectivity index (χ2n) is 3.05. The molecule has 0 aromatic heterocycles. The summed E-state index contributed by atoms with van der Waals surface area (Å²) in [5.74, 6) is -0.493. The molecule has 2 atom stereocenters. The van der Waals surface area contributed by atoms with Crippen LogP contribution in [0.2, 0.25) is 0 Å². The number of carbonyl (C=O) groups is 1. The lowest BCUT2D eigenvalue weighted by Gasteiger charge is -2.20. The second kappa shape index (κ2) is 8.44. The van der Waals surface area contributed by atoms with Gasteiger partial charge in [-0.15, -0.1) is 0 Å². The molecule has 0 saturated heterocycles. The maximum atomic E-state index is 10.8. The summed E-state index contributed by atoms with van der Waals surface area (Å²) in [6.07, 6.45) is 1.82. The fourth-order valence-corrected chi connectivity index (χ4v) is 0.956. The van der Waals surface area contributed by atoms with E-state index in [0.717, 1.165) is 18.9 Å². The highest BCUT2D eigenvalue weighted by atomic mass is 16.8. The van der Waals surface area contributed by atoms with E-state index in [2.05, 4.69) is 6.58 Å². The van der Waals surface area contributed by atoms with Gasteiger partial charge in [-0.25, -0.2) is 4.79 Å². The molecule has 0 aromatic carbocycles. The van der Waals surface area contributed by atoms with Gasteiger partial charge in [0.15, 0.2) is 6.29 Å². The highest BCUT2D eigenvalue weighted by Crippen LogP contribution is 2.06. The van der Waals surface area contributed by atoms with Crippen molar-refractivity contribution in [3.63, 3.8) is 0 Å². The van der Waals surface area contributed by atoms with Gasteiger partial charge in [-0.3, -0.25) is 0 Å². The zero-order valence-corrected chi connectivity index (χ0v) is 9.69. The second-order valence-corrected chi connectivity index (χ2v) is 3.05. The summed E-state index contributed by atoms with van der Waals surface area (Å²) in [5.41, 5.74) is 0. The molecule has 0 aliphatic heterocycles. The molecule has 4 heteroatoms. The van der Waals surface area contributed by atoms with E-state index in [-0.39, 0.29) is 6.29 Å². The maximum Gasteiger partial charge on any atom is 0.332 e. The fraction of sp³-hybridized carbons (Fsp3) is 0.727. The number of esters is 1. The van der Waals surface area contributed by atoms with Gasteiger partial charge >= 0.3 is 5.97 Å². The highest BCUT2D eigenvalue weighted by molar-refractivity contribution is 5.81. The molecule has 2 unspecified atom stereocenters. The first-order valence-electron chi connectivity index (χ1n) is 5.24. The van der Waals surface area contributed by atoms with Gasteiger partial charge in [0.1, 0.15) is 0 Å². The molecule has 0 aromatic rings. The van der Waals surface area contributed by atoms with Crippen LogP contribution < -0.4 is 0 Å². The number of carbonyl (C=O) groups excluding carboxylic acids is 1. The number of hydrogen-bond acceptors (Lipinski definition) is 4. The Morgan fingerprint density at radius 1 is 1.47 bits per heavy atom. The normalized spacial score (nSPS) is 14.3. The lowest BCUT2D eigenvalue weighted by Crippen LogP contribution is -2.26. The Hall–Kier alpha value is -0.870. The van der Waals surface area contributed by atoms with Crippen LogP contribution in [-0.4, -0.2) is 25.2 Å². The summed E-state index contributed by atoms with van der Waals surface area (Å²) in [4.78, 5) is 10.8. The molecule has 4 nitrogen and oxygen atoms in total. The highest BCUT2D eigenvalue weighted by Gasteiger charge is 2.13. The predicted molar refractivity (Wildman–Crippen MR) is 57.2 cm³/mol. The zero-order valence-electron chi connectivity index (χ0n) is 9.69. The van der Waals surface area contributed by atoms with Crippen LogP contribution in [0.4, 0.5) is 0 Å². The average Bonchev–Trinajstić information content (AvgIpc) is 2.23. The van der Waals surface area contributed by atoms with Crippen LogP contribution in [0.3, 0.4) is 0 Å². The van der Waals surface area contributed by atoms with Crippen LogP contribution in [0.1, 0.15) is 33.6 Å². The summed E-state index contributed by atoms with van der Waals surface area (Å²) in [6, 6.07) is 0. The van der Waals surface area contributed by atoms with Gasteiger partial charge in [-0.05, 0) is 19.8 Å². The third-order valence-corrected chi connectivity index (χ3v) is 1.63. The van der Waals surface area contributed by atoms with Crippen molar-refractivity contribution in [2.24, 2.45) is 0 Å². The molecule has 0 rings (SSSR count). The lowest BCUT2D eigenvalue weighted by molar-refractivity contribution is -0.233. The Kier molecular flexibility index (Phi) is 7.95. The summed E-state index contributed by atoms with van der Waals surface area (Å²) in [5, 5.41) is 0. The molecule has 0 radical (unpaired) electrons. The van der Waals surface area contributed by atoms with Crippen molar-refractivity contribution in [1.29, 1.82) is 0 Å². The fourth-order valence-electron chi connectivity index (χ4n) is 0.956. The lowest BCUT2D eigenvalue weighted by atomic mass is 10.4. The van der Waals surface area contributed by atoms with E-state index < -0.39 is 12.3 Å². The van der Waals surface area contributed by atoms with E-state index in [0.29, 0.717) is 6.61 Å². The van der Waals surface area contributed by atoms with Gasteiger partial charge in [-0.1, -0.05) is 20.4 Å². The van der Waals surface area contributed by atoms with Crippen molar-refractivity contribution >= 4 is 5.97 Å². The van der Waals surface area contributed by atoms with Crippen molar-refractivity contribution in [2.75, 3.05) is 6.61 Å². The molecule has 0 N–H and O–H groups in total. The number of rotatable bonds is 8. The summed E-state index contributed by atoms with van der Waals surface area (Å²) >= 11 is 0. The van der Waals surface area contributed by atoms with Crippen molar-refractivity contribution in [3.05, 3.63) is 12.7 Å². The summed E-state index contributed by atoms with van der Waals surface area (Å²) in [6.45, 7) is 9.56. The third-order valence-electron chi connectivity index (χ3n) is 1.63. The topological polar surface area (TPSA) is 44.8 Å². The number of hydrogen-bond donors (Lipinski definition) is 0. The smallest absolute Gasteiger partial charge is 0.332 e. The van der Waals surface area contributed by atoms with Gasteiger partial charge < -0.3 is 14.2 Å². The molecule has 0 amide bonds. The Balaban J connectivity index is 3.83. The maximum absolute atomic E-state index is 10.8. The Morgan fingerprint density at radius 3 is 2.60 bits per heavy atom. The molecule has 15 heavy (non-hydrogen) atoms. The molecular weight excluding hydrogens is 196 g/mol. The van der Waals surface area contributed by atoms with Crippen LogP contribution in [0, 0.1) is 0 Å². The van der Waals surface area contributed by atoms with E-state index in [1.165, 1.54) is 0 Å². The molecule has 0 fully saturated rings. The van der Waals surface area contributed by atoms with E-state index in [4.69, 9.17) is 14.2 Å². The molecular formula is C11H20O4. The number of ether oxygens (including phenoxy) is 3. The molecule has 0 saturated carbocycles. The van der Waals surface area contributed by atoms with Gasteiger partial charge in [0.25, 0.3) is 0 Å². The molecule has 0 spiro atoms.